The Balaban J connectivity index is 3.17. The lowest BCUT2D eigenvalue weighted by Gasteiger charge is -2.23. The fourth-order valence-electron chi connectivity index (χ4n) is 1.50. The third-order valence-electron chi connectivity index (χ3n) is 2.46. The maximum Gasteiger partial charge on any atom is 0.282 e. The molecule has 0 aliphatic carbocycles. The zero-order chi connectivity index (χ0) is 13.9. The molecule has 0 aliphatic heterocycles. The van der Waals surface area contributed by atoms with Crippen LogP contribution in [0, 0.1) is 17.0 Å². The molecule has 0 saturated carbocycles. The van der Waals surface area contributed by atoms with Gasteiger partial charge in [-0.1, -0.05) is 12.1 Å². The van der Waals surface area contributed by atoms with Crippen molar-refractivity contribution >= 4 is 23.2 Å². The molecule has 0 aromatic heterocycles. The van der Waals surface area contributed by atoms with Gasteiger partial charge in [0.1, 0.15) is 5.56 Å². The van der Waals surface area contributed by atoms with E-state index in [1.165, 1.54) is 6.07 Å². The van der Waals surface area contributed by atoms with Crippen molar-refractivity contribution < 1.29 is 9.72 Å². The molecule has 0 bridgehead atoms. The summed E-state index contributed by atoms with van der Waals surface area (Å²) >= 11 is 5.72. The molecule has 0 radical (unpaired) electrons. The van der Waals surface area contributed by atoms with Gasteiger partial charge in [-0.3, -0.25) is 14.9 Å². The summed E-state index contributed by atoms with van der Waals surface area (Å²) in [6.07, 6.45) is 0. The van der Waals surface area contributed by atoms with Gasteiger partial charge in [0, 0.05) is 17.5 Å². The Hall–Kier alpha value is -1.62. The number of halogens is 1. The zero-order valence-corrected chi connectivity index (χ0v) is 11.2. The molecule has 1 amide bonds. The number of hydrogen-bond acceptors (Lipinski definition) is 3. The molecule has 0 atom stereocenters. The summed E-state index contributed by atoms with van der Waals surface area (Å²) in [5.41, 5.74) is -0.167. The fraction of sp³-hybridized carbons (Fsp3) is 0.417. The molecule has 6 heteroatoms. The standard InChI is InChI=1S/C12H15ClN2O3/c1-8-5-4-6-9(15(17)18)10(8)11(16)14-12(2,3)7-13/h4-6H,7H2,1-3H3,(H,14,16). The Kier molecular flexibility index (Phi) is 4.29. The first-order chi connectivity index (χ1) is 8.28. The minimum atomic E-state index is -0.616. The van der Waals surface area contributed by atoms with E-state index in [9.17, 15) is 14.9 Å². The molecule has 0 heterocycles. The number of carbonyl (C=O) groups is 1. The smallest absolute Gasteiger partial charge is 0.282 e. The predicted octanol–water partition coefficient (Wildman–Crippen LogP) is 2.65. The predicted molar refractivity (Wildman–Crippen MR) is 70.1 cm³/mol. The number of amides is 1. The monoisotopic (exact) mass is 270 g/mol. The second-order valence-electron chi connectivity index (χ2n) is 4.70. The van der Waals surface area contributed by atoms with Crippen LogP contribution in [-0.2, 0) is 0 Å². The number of nitro benzene ring substituents is 1. The highest BCUT2D eigenvalue weighted by atomic mass is 35.5. The lowest BCUT2D eigenvalue weighted by Crippen LogP contribution is -2.45. The molecule has 0 fully saturated rings. The lowest BCUT2D eigenvalue weighted by atomic mass is 10.0. The van der Waals surface area contributed by atoms with E-state index < -0.39 is 16.4 Å². The van der Waals surface area contributed by atoms with Crippen LogP contribution >= 0.6 is 11.6 Å². The van der Waals surface area contributed by atoms with Crippen molar-refractivity contribution in [3.63, 3.8) is 0 Å². The first-order valence-corrected chi connectivity index (χ1v) is 5.94. The summed E-state index contributed by atoms with van der Waals surface area (Å²) in [4.78, 5) is 22.4. The number of aryl methyl sites for hydroxylation is 1. The van der Waals surface area contributed by atoms with Gasteiger partial charge in [-0.15, -0.1) is 11.6 Å². The first kappa shape index (κ1) is 14.4. The maximum absolute atomic E-state index is 12.1. The van der Waals surface area contributed by atoms with Gasteiger partial charge in [0.25, 0.3) is 11.6 Å². The summed E-state index contributed by atoms with van der Waals surface area (Å²) in [6.45, 7) is 5.17. The number of nitro groups is 1. The molecule has 18 heavy (non-hydrogen) atoms. The van der Waals surface area contributed by atoms with E-state index in [1.54, 1.807) is 32.9 Å². The molecule has 1 aromatic rings. The molecule has 98 valence electrons. The number of nitrogens with zero attached hydrogens (tertiary/aromatic N) is 1. The third-order valence-corrected chi connectivity index (χ3v) is 3.13. The largest absolute Gasteiger partial charge is 0.346 e. The summed E-state index contributed by atoms with van der Waals surface area (Å²) in [5.74, 6) is -0.260. The van der Waals surface area contributed by atoms with Gasteiger partial charge < -0.3 is 5.32 Å². The number of carbonyl (C=O) groups excluding carboxylic acids is 1. The molecular formula is C12H15ClN2O3. The van der Waals surface area contributed by atoms with Gasteiger partial charge >= 0.3 is 0 Å². The number of benzene rings is 1. The van der Waals surface area contributed by atoms with Crippen LogP contribution in [-0.4, -0.2) is 22.2 Å². The summed E-state index contributed by atoms with van der Waals surface area (Å²) in [7, 11) is 0. The number of alkyl halides is 1. The van der Waals surface area contributed by atoms with Gasteiger partial charge in [-0.2, -0.15) is 0 Å². The minimum Gasteiger partial charge on any atom is -0.346 e. The van der Waals surface area contributed by atoms with Gasteiger partial charge in [0.15, 0.2) is 0 Å². The van der Waals surface area contributed by atoms with Crippen LogP contribution in [0.15, 0.2) is 18.2 Å². The van der Waals surface area contributed by atoms with Crippen LogP contribution in [0.3, 0.4) is 0 Å². The Morgan fingerprint density at radius 2 is 2.11 bits per heavy atom. The van der Waals surface area contributed by atoms with Gasteiger partial charge in [-0.25, -0.2) is 0 Å². The highest BCUT2D eigenvalue weighted by Gasteiger charge is 2.26. The summed E-state index contributed by atoms with van der Waals surface area (Å²) < 4.78 is 0. The minimum absolute atomic E-state index is 0.0840. The van der Waals surface area contributed by atoms with E-state index >= 15 is 0 Å². The van der Waals surface area contributed by atoms with Gasteiger partial charge in [0.05, 0.1) is 4.92 Å². The first-order valence-electron chi connectivity index (χ1n) is 5.41. The van der Waals surface area contributed by atoms with Gasteiger partial charge in [-0.05, 0) is 26.3 Å². The van der Waals surface area contributed by atoms with Crippen LogP contribution in [0.1, 0.15) is 29.8 Å². The number of nitrogens with one attached hydrogen (secondary N) is 1. The molecule has 1 rings (SSSR count). The topological polar surface area (TPSA) is 72.2 Å². The molecule has 1 aromatic carbocycles. The molecule has 1 N–H and O–H groups in total. The van der Waals surface area contributed by atoms with Crippen molar-refractivity contribution in [2.75, 3.05) is 5.88 Å². The quantitative estimate of drug-likeness (QED) is 0.519. The Bertz CT molecular complexity index is 486. The van der Waals surface area contributed by atoms with E-state index in [4.69, 9.17) is 11.6 Å². The summed E-state index contributed by atoms with van der Waals surface area (Å²) in [6, 6.07) is 4.53. The molecule has 0 aliphatic rings. The maximum atomic E-state index is 12.1. The molecular weight excluding hydrogens is 256 g/mol. The van der Waals surface area contributed by atoms with Crippen molar-refractivity contribution in [1.29, 1.82) is 0 Å². The molecule has 0 spiro atoms. The average molecular weight is 271 g/mol. The van der Waals surface area contributed by atoms with Crippen molar-refractivity contribution in [2.24, 2.45) is 0 Å². The average Bonchev–Trinajstić information content (AvgIpc) is 2.27. The van der Waals surface area contributed by atoms with E-state index in [2.05, 4.69) is 5.32 Å². The lowest BCUT2D eigenvalue weighted by molar-refractivity contribution is -0.385. The Labute approximate surface area is 110 Å². The van der Waals surface area contributed by atoms with Crippen molar-refractivity contribution in [2.45, 2.75) is 26.3 Å². The van der Waals surface area contributed by atoms with Crippen LogP contribution in [0.2, 0.25) is 0 Å². The van der Waals surface area contributed by atoms with Crippen LogP contribution in [0.4, 0.5) is 5.69 Å². The second kappa shape index (κ2) is 5.35. The fourth-order valence-corrected chi connectivity index (χ4v) is 1.57. The number of rotatable bonds is 4. The normalized spacial score (nSPS) is 11.1. The van der Waals surface area contributed by atoms with Crippen molar-refractivity contribution in [3.05, 3.63) is 39.4 Å². The summed E-state index contributed by atoms with van der Waals surface area (Å²) in [5, 5.41) is 13.6. The molecule has 0 saturated heterocycles. The van der Waals surface area contributed by atoms with Crippen LogP contribution < -0.4 is 5.32 Å². The zero-order valence-electron chi connectivity index (χ0n) is 10.5. The highest BCUT2D eigenvalue weighted by Crippen LogP contribution is 2.22. The van der Waals surface area contributed by atoms with Crippen molar-refractivity contribution in [3.8, 4) is 0 Å². The number of hydrogen-bond donors (Lipinski definition) is 1. The van der Waals surface area contributed by atoms with Crippen molar-refractivity contribution in [1.82, 2.24) is 5.32 Å². The third kappa shape index (κ3) is 3.20. The molecule has 5 nitrogen and oxygen atoms in total. The van der Waals surface area contributed by atoms with Gasteiger partial charge in [0.2, 0.25) is 0 Å². The second-order valence-corrected chi connectivity index (χ2v) is 4.97. The molecule has 0 unspecified atom stereocenters. The Morgan fingerprint density at radius 3 is 2.61 bits per heavy atom. The van der Waals surface area contributed by atoms with E-state index in [-0.39, 0.29) is 17.1 Å². The van der Waals surface area contributed by atoms with Crippen LogP contribution in [0.5, 0.6) is 0 Å². The SMILES string of the molecule is Cc1cccc([N+](=O)[O-])c1C(=O)NC(C)(C)CCl. The Morgan fingerprint density at radius 1 is 1.50 bits per heavy atom. The van der Waals surface area contributed by atoms with E-state index in [0.29, 0.717) is 5.56 Å². The van der Waals surface area contributed by atoms with Crippen LogP contribution in [0.25, 0.3) is 0 Å². The van der Waals surface area contributed by atoms with E-state index in [1.807, 2.05) is 0 Å². The van der Waals surface area contributed by atoms with E-state index in [0.717, 1.165) is 0 Å². The highest BCUT2D eigenvalue weighted by molar-refractivity contribution is 6.18.